The van der Waals surface area contributed by atoms with Crippen LogP contribution < -0.4 is 5.73 Å². The van der Waals surface area contributed by atoms with E-state index in [1.807, 2.05) is 18.2 Å². The molecule has 3 nitrogen and oxygen atoms in total. The zero-order valence-electron chi connectivity index (χ0n) is 12.7. The molecule has 3 heteroatoms. The van der Waals surface area contributed by atoms with Crippen LogP contribution in [0.4, 0.5) is 0 Å². The van der Waals surface area contributed by atoms with Crippen molar-refractivity contribution in [3.8, 4) is 0 Å². The summed E-state index contributed by atoms with van der Waals surface area (Å²) in [6.07, 6.45) is 1.12. The Morgan fingerprint density at radius 2 is 1.84 bits per heavy atom. The van der Waals surface area contributed by atoms with Crippen LogP contribution in [-0.2, 0) is 4.74 Å². The molecule has 3 atom stereocenters. The van der Waals surface area contributed by atoms with E-state index in [2.05, 4.69) is 37.8 Å². The smallest absolute Gasteiger partial charge is 0.0589 e. The number of methoxy groups -OCH3 is 1. The minimum atomic E-state index is 0.0343. The average molecular weight is 264 g/mol. The number of hydrogen-bond donors (Lipinski definition) is 1. The summed E-state index contributed by atoms with van der Waals surface area (Å²) >= 11 is 0. The summed E-state index contributed by atoms with van der Waals surface area (Å²) < 4.78 is 5.22. The van der Waals surface area contributed by atoms with Crippen LogP contribution in [0.5, 0.6) is 0 Å². The lowest BCUT2D eigenvalue weighted by Gasteiger charge is -2.37. The van der Waals surface area contributed by atoms with E-state index in [9.17, 15) is 0 Å². The van der Waals surface area contributed by atoms with Gasteiger partial charge in [0.15, 0.2) is 0 Å². The van der Waals surface area contributed by atoms with Crippen LogP contribution in [0.2, 0.25) is 0 Å². The molecule has 1 rings (SSSR count). The molecule has 19 heavy (non-hydrogen) atoms. The fourth-order valence-electron chi connectivity index (χ4n) is 2.42. The normalized spacial score (nSPS) is 16.3. The summed E-state index contributed by atoms with van der Waals surface area (Å²) in [6, 6.07) is 11.2. The van der Waals surface area contributed by atoms with Crippen molar-refractivity contribution in [1.29, 1.82) is 0 Å². The Morgan fingerprint density at radius 3 is 2.37 bits per heavy atom. The lowest BCUT2D eigenvalue weighted by atomic mass is 9.98. The van der Waals surface area contributed by atoms with Crippen LogP contribution in [-0.4, -0.2) is 37.2 Å². The summed E-state index contributed by atoms with van der Waals surface area (Å²) in [4.78, 5) is 2.45. The predicted octanol–water partition coefficient (Wildman–Crippen LogP) is 2.82. The molecule has 0 aromatic heterocycles. The van der Waals surface area contributed by atoms with Gasteiger partial charge in [-0.05, 0) is 25.8 Å². The van der Waals surface area contributed by atoms with E-state index in [0.29, 0.717) is 12.1 Å². The van der Waals surface area contributed by atoms with Gasteiger partial charge in [-0.2, -0.15) is 0 Å². The van der Waals surface area contributed by atoms with Crippen molar-refractivity contribution >= 4 is 0 Å². The van der Waals surface area contributed by atoms with Gasteiger partial charge in [-0.25, -0.2) is 0 Å². The van der Waals surface area contributed by atoms with E-state index in [0.717, 1.165) is 19.6 Å². The minimum absolute atomic E-state index is 0.0343. The van der Waals surface area contributed by atoms with Gasteiger partial charge in [-0.3, -0.25) is 4.90 Å². The highest BCUT2D eigenvalue weighted by molar-refractivity contribution is 5.20. The molecule has 1 aromatic rings. The van der Waals surface area contributed by atoms with Crippen molar-refractivity contribution in [3.63, 3.8) is 0 Å². The van der Waals surface area contributed by atoms with Gasteiger partial charge in [0.25, 0.3) is 0 Å². The Kier molecular flexibility index (Phi) is 7.06. The third-order valence-corrected chi connectivity index (χ3v) is 3.94. The molecule has 0 radical (unpaired) electrons. The molecule has 0 aliphatic heterocycles. The van der Waals surface area contributed by atoms with E-state index >= 15 is 0 Å². The molecule has 108 valence electrons. The van der Waals surface area contributed by atoms with Crippen LogP contribution in [0.15, 0.2) is 30.3 Å². The van der Waals surface area contributed by atoms with E-state index < -0.39 is 0 Å². The van der Waals surface area contributed by atoms with E-state index in [4.69, 9.17) is 10.5 Å². The maximum absolute atomic E-state index is 6.42. The minimum Gasteiger partial charge on any atom is -0.383 e. The third-order valence-electron chi connectivity index (χ3n) is 3.94. The highest BCUT2D eigenvalue weighted by Crippen LogP contribution is 2.21. The van der Waals surface area contributed by atoms with Gasteiger partial charge in [-0.15, -0.1) is 0 Å². The van der Waals surface area contributed by atoms with Crippen molar-refractivity contribution in [1.82, 2.24) is 4.90 Å². The van der Waals surface area contributed by atoms with Gasteiger partial charge < -0.3 is 10.5 Å². The molecule has 0 saturated carbocycles. The van der Waals surface area contributed by atoms with E-state index in [1.54, 1.807) is 7.11 Å². The molecule has 0 aliphatic rings. The van der Waals surface area contributed by atoms with Crippen LogP contribution in [0.3, 0.4) is 0 Å². The van der Waals surface area contributed by atoms with Gasteiger partial charge in [0.2, 0.25) is 0 Å². The second-order valence-electron chi connectivity index (χ2n) is 5.16. The standard InChI is InChI=1S/C16H28N2O/c1-5-13(2)18(11-12-19-4)14(3)16(17)15-9-7-6-8-10-15/h6-10,13-14,16H,5,11-12,17H2,1-4H3. The number of nitrogens with two attached hydrogens (primary N) is 1. The summed E-state index contributed by atoms with van der Waals surface area (Å²) in [5.41, 5.74) is 7.62. The van der Waals surface area contributed by atoms with Crippen LogP contribution in [0.1, 0.15) is 38.8 Å². The Bertz CT molecular complexity index is 342. The topological polar surface area (TPSA) is 38.5 Å². The number of hydrogen-bond acceptors (Lipinski definition) is 3. The largest absolute Gasteiger partial charge is 0.383 e. The molecule has 2 N–H and O–H groups in total. The van der Waals surface area contributed by atoms with Crippen LogP contribution in [0, 0.1) is 0 Å². The fraction of sp³-hybridized carbons (Fsp3) is 0.625. The van der Waals surface area contributed by atoms with Gasteiger partial charge in [0.1, 0.15) is 0 Å². The van der Waals surface area contributed by atoms with Crippen molar-refractivity contribution in [3.05, 3.63) is 35.9 Å². The van der Waals surface area contributed by atoms with Gasteiger partial charge in [0.05, 0.1) is 6.61 Å². The van der Waals surface area contributed by atoms with Crippen LogP contribution in [0.25, 0.3) is 0 Å². The van der Waals surface area contributed by atoms with Crippen LogP contribution >= 0.6 is 0 Å². The van der Waals surface area contributed by atoms with E-state index in [-0.39, 0.29) is 6.04 Å². The zero-order chi connectivity index (χ0) is 14.3. The monoisotopic (exact) mass is 264 g/mol. The fourth-order valence-corrected chi connectivity index (χ4v) is 2.42. The number of benzene rings is 1. The van der Waals surface area contributed by atoms with Crippen molar-refractivity contribution in [2.75, 3.05) is 20.3 Å². The summed E-state index contributed by atoms with van der Waals surface area (Å²) in [7, 11) is 1.75. The maximum atomic E-state index is 6.42. The van der Waals surface area contributed by atoms with Crippen molar-refractivity contribution < 1.29 is 4.74 Å². The maximum Gasteiger partial charge on any atom is 0.0589 e. The molecular formula is C16H28N2O. The lowest BCUT2D eigenvalue weighted by molar-refractivity contribution is 0.0838. The van der Waals surface area contributed by atoms with Crippen molar-refractivity contribution in [2.24, 2.45) is 5.73 Å². The Morgan fingerprint density at radius 1 is 1.21 bits per heavy atom. The summed E-state index contributed by atoms with van der Waals surface area (Å²) in [5.74, 6) is 0. The molecule has 0 bridgehead atoms. The lowest BCUT2D eigenvalue weighted by Crippen LogP contribution is -2.47. The highest BCUT2D eigenvalue weighted by atomic mass is 16.5. The summed E-state index contributed by atoms with van der Waals surface area (Å²) in [5, 5.41) is 0. The number of rotatable bonds is 8. The Balaban J connectivity index is 2.77. The Labute approximate surface area is 117 Å². The second kappa shape index (κ2) is 8.31. The molecule has 3 unspecified atom stereocenters. The number of nitrogens with zero attached hydrogens (tertiary/aromatic N) is 1. The van der Waals surface area contributed by atoms with Gasteiger partial charge in [-0.1, -0.05) is 37.3 Å². The quantitative estimate of drug-likeness (QED) is 0.784. The SMILES string of the molecule is CCC(C)N(CCOC)C(C)C(N)c1ccccc1. The molecule has 0 amide bonds. The molecule has 1 aromatic carbocycles. The third kappa shape index (κ3) is 4.60. The first kappa shape index (κ1) is 16.2. The first-order valence-corrected chi connectivity index (χ1v) is 7.17. The highest BCUT2D eigenvalue weighted by Gasteiger charge is 2.24. The first-order valence-electron chi connectivity index (χ1n) is 7.17. The predicted molar refractivity (Wildman–Crippen MR) is 81.2 cm³/mol. The first-order chi connectivity index (χ1) is 9.11. The molecule has 0 spiro atoms. The van der Waals surface area contributed by atoms with Crippen molar-refractivity contribution in [2.45, 2.75) is 45.3 Å². The molecule has 0 heterocycles. The second-order valence-corrected chi connectivity index (χ2v) is 5.16. The average Bonchev–Trinajstić information content (AvgIpc) is 2.47. The van der Waals surface area contributed by atoms with Gasteiger partial charge >= 0.3 is 0 Å². The Hall–Kier alpha value is -0.900. The van der Waals surface area contributed by atoms with E-state index in [1.165, 1.54) is 5.56 Å². The summed E-state index contributed by atoms with van der Waals surface area (Å²) in [6.45, 7) is 8.35. The molecule has 0 fully saturated rings. The molecular weight excluding hydrogens is 236 g/mol. The molecule has 0 aliphatic carbocycles. The number of ether oxygens (including phenoxy) is 1. The zero-order valence-corrected chi connectivity index (χ0v) is 12.7. The molecule has 0 saturated heterocycles. The van der Waals surface area contributed by atoms with Gasteiger partial charge in [0, 0.05) is 31.8 Å².